The molecule has 6 heteroatoms. The van der Waals surface area contributed by atoms with Crippen molar-refractivity contribution in [3.8, 4) is 0 Å². The third-order valence-corrected chi connectivity index (χ3v) is 3.26. The van der Waals surface area contributed by atoms with Crippen molar-refractivity contribution in [1.82, 2.24) is 9.97 Å². The summed E-state index contributed by atoms with van der Waals surface area (Å²) in [6, 6.07) is 0.457. The number of anilines is 2. The van der Waals surface area contributed by atoms with Crippen molar-refractivity contribution in [1.29, 1.82) is 0 Å². The maximum atomic E-state index is 11.5. The predicted molar refractivity (Wildman–Crippen MR) is 67.9 cm³/mol. The molecule has 5 N–H and O–H groups in total. The van der Waals surface area contributed by atoms with Crippen molar-refractivity contribution in [2.24, 2.45) is 5.73 Å². The summed E-state index contributed by atoms with van der Waals surface area (Å²) in [4.78, 5) is 20.3. The highest BCUT2D eigenvalue weighted by molar-refractivity contribution is 5.61. The lowest BCUT2D eigenvalue weighted by atomic mass is 9.91. The fraction of sp³-hybridized carbons (Fsp3) is 0.636. The van der Waals surface area contributed by atoms with Crippen LogP contribution in [0.3, 0.4) is 0 Å². The van der Waals surface area contributed by atoms with Crippen molar-refractivity contribution < 1.29 is 0 Å². The van der Waals surface area contributed by atoms with Gasteiger partial charge in [-0.2, -0.15) is 0 Å². The third kappa shape index (κ3) is 2.41. The molecule has 1 aliphatic carbocycles. The van der Waals surface area contributed by atoms with Crippen LogP contribution in [0.25, 0.3) is 0 Å². The second-order valence-corrected chi connectivity index (χ2v) is 4.39. The zero-order chi connectivity index (χ0) is 12.3. The monoisotopic (exact) mass is 237 g/mol. The zero-order valence-corrected chi connectivity index (χ0v) is 9.85. The lowest BCUT2D eigenvalue weighted by Crippen LogP contribution is -2.43. The molecule has 94 valence electrons. The Bertz CT molecular complexity index is 426. The average molecular weight is 237 g/mol. The number of rotatable bonds is 5. The molecule has 1 aromatic heterocycles. The van der Waals surface area contributed by atoms with Gasteiger partial charge in [0.2, 0.25) is 0 Å². The second-order valence-electron chi connectivity index (χ2n) is 4.39. The van der Waals surface area contributed by atoms with Crippen molar-refractivity contribution >= 4 is 11.5 Å². The molecule has 0 atom stereocenters. The van der Waals surface area contributed by atoms with Gasteiger partial charge < -0.3 is 21.4 Å². The van der Waals surface area contributed by atoms with E-state index in [2.05, 4.69) is 14.9 Å². The number of nitrogens with two attached hydrogens (primary N) is 2. The minimum atomic E-state index is -0.271. The van der Waals surface area contributed by atoms with Crippen molar-refractivity contribution in [3.63, 3.8) is 0 Å². The number of nitrogens with one attached hydrogen (secondary N) is 1. The van der Waals surface area contributed by atoms with E-state index >= 15 is 0 Å². The minimum Gasteiger partial charge on any atom is -0.391 e. The molecule has 2 rings (SSSR count). The maximum Gasteiger partial charge on any atom is 0.276 e. The quantitative estimate of drug-likeness (QED) is 0.672. The first-order valence-corrected chi connectivity index (χ1v) is 6.04. The lowest BCUT2D eigenvalue weighted by molar-refractivity contribution is 0.383. The Hall–Kier alpha value is -1.56. The van der Waals surface area contributed by atoms with Gasteiger partial charge in [-0.05, 0) is 32.2 Å². The van der Waals surface area contributed by atoms with E-state index in [1.807, 2.05) is 0 Å². The molecule has 17 heavy (non-hydrogen) atoms. The molecule has 0 aliphatic heterocycles. The Morgan fingerprint density at radius 1 is 1.53 bits per heavy atom. The van der Waals surface area contributed by atoms with E-state index in [1.165, 1.54) is 12.7 Å². The van der Waals surface area contributed by atoms with Crippen LogP contribution in [0.5, 0.6) is 0 Å². The molecule has 1 fully saturated rings. The van der Waals surface area contributed by atoms with Crippen LogP contribution < -0.4 is 21.9 Å². The van der Waals surface area contributed by atoms with Crippen LogP contribution in [0.4, 0.5) is 11.5 Å². The highest BCUT2D eigenvalue weighted by Gasteiger charge is 2.27. The van der Waals surface area contributed by atoms with Gasteiger partial charge in [-0.25, -0.2) is 4.98 Å². The SMILES string of the molecule is NCCCN(c1nc[nH]c(=O)c1N)C1CCC1. The van der Waals surface area contributed by atoms with Gasteiger partial charge in [0.15, 0.2) is 5.82 Å². The van der Waals surface area contributed by atoms with Gasteiger partial charge in [0, 0.05) is 12.6 Å². The summed E-state index contributed by atoms with van der Waals surface area (Å²) in [6.45, 7) is 1.44. The number of nitrogen functional groups attached to an aromatic ring is 1. The molecule has 0 saturated heterocycles. The number of aromatic nitrogens is 2. The molecule has 0 bridgehead atoms. The highest BCUT2D eigenvalue weighted by atomic mass is 16.1. The summed E-state index contributed by atoms with van der Waals surface area (Å²) in [6.07, 6.45) is 5.79. The number of nitrogens with zero attached hydrogens (tertiary/aromatic N) is 2. The normalized spacial score (nSPS) is 15.6. The summed E-state index contributed by atoms with van der Waals surface area (Å²) in [5, 5.41) is 0. The molecular formula is C11H19N5O. The molecule has 0 amide bonds. The van der Waals surface area contributed by atoms with Gasteiger partial charge in [0.1, 0.15) is 5.69 Å². The first-order chi connectivity index (χ1) is 8.24. The minimum absolute atomic E-state index is 0.205. The maximum absolute atomic E-state index is 11.5. The van der Waals surface area contributed by atoms with Crippen molar-refractivity contribution in [2.75, 3.05) is 23.7 Å². The third-order valence-electron chi connectivity index (χ3n) is 3.26. The molecule has 1 heterocycles. The average Bonchev–Trinajstić information content (AvgIpc) is 2.26. The van der Waals surface area contributed by atoms with Crippen LogP contribution in [0, 0.1) is 0 Å². The lowest BCUT2D eigenvalue weighted by Gasteiger charge is -2.38. The first kappa shape index (κ1) is 11.9. The van der Waals surface area contributed by atoms with Gasteiger partial charge in [-0.15, -0.1) is 0 Å². The van der Waals surface area contributed by atoms with Crippen LogP contribution in [0.2, 0.25) is 0 Å². The Kier molecular flexibility index (Phi) is 3.63. The van der Waals surface area contributed by atoms with E-state index in [0.717, 1.165) is 25.8 Å². The highest BCUT2D eigenvalue weighted by Crippen LogP contribution is 2.29. The largest absolute Gasteiger partial charge is 0.391 e. The van der Waals surface area contributed by atoms with Gasteiger partial charge in [-0.1, -0.05) is 0 Å². The first-order valence-electron chi connectivity index (χ1n) is 6.04. The number of hydrogen-bond acceptors (Lipinski definition) is 5. The second kappa shape index (κ2) is 5.18. The molecule has 0 aromatic carbocycles. The summed E-state index contributed by atoms with van der Waals surface area (Å²) in [5.74, 6) is 0.604. The van der Waals surface area contributed by atoms with E-state index in [0.29, 0.717) is 18.4 Å². The molecule has 0 unspecified atom stereocenters. The topological polar surface area (TPSA) is 101 Å². The summed E-state index contributed by atoms with van der Waals surface area (Å²) in [5.41, 5.74) is 11.3. The Balaban J connectivity index is 2.24. The van der Waals surface area contributed by atoms with Gasteiger partial charge in [0.05, 0.1) is 6.33 Å². The van der Waals surface area contributed by atoms with E-state index in [4.69, 9.17) is 11.5 Å². The Morgan fingerprint density at radius 2 is 2.29 bits per heavy atom. The molecular weight excluding hydrogens is 218 g/mol. The smallest absolute Gasteiger partial charge is 0.276 e. The number of H-pyrrole nitrogens is 1. The fourth-order valence-electron chi connectivity index (χ4n) is 2.05. The zero-order valence-electron chi connectivity index (χ0n) is 9.85. The van der Waals surface area contributed by atoms with Crippen LogP contribution in [-0.4, -0.2) is 29.1 Å². The fourth-order valence-corrected chi connectivity index (χ4v) is 2.05. The predicted octanol–water partition coefficient (Wildman–Crippen LogP) is 0.0598. The van der Waals surface area contributed by atoms with Crippen LogP contribution >= 0.6 is 0 Å². The van der Waals surface area contributed by atoms with Crippen LogP contribution in [-0.2, 0) is 0 Å². The van der Waals surface area contributed by atoms with E-state index in [-0.39, 0.29) is 11.2 Å². The molecule has 0 spiro atoms. The van der Waals surface area contributed by atoms with E-state index < -0.39 is 0 Å². The Labute approximate surface area is 100 Å². The standard InChI is InChI=1S/C11H19N5O/c12-5-2-6-16(8-3-1-4-8)10-9(13)11(17)15-7-14-10/h7-8H,1-6,12-13H2,(H,14,15,17). The van der Waals surface area contributed by atoms with E-state index in [1.54, 1.807) is 0 Å². The van der Waals surface area contributed by atoms with Crippen LogP contribution in [0.15, 0.2) is 11.1 Å². The van der Waals surface area contributed by atoms with E-state index in [9.17, 15) is 4.79 Å². The number of aromatic amines is 1. The molecule has 1 saturated carbocycles. The van der Waals surface area contributed by atoms with Crippen molar-refractivity contribution in [3.05, 3.63) is 16.7 Å². The molecule has 0 radical (unpaired) electrons. The number of hydrogen-bond donors (Lipinski definition) is 3. The molecule has 1 aromatic rings. The van der Waals surface area contributed by atoms with Crippen molar-refractivity contribution in [2.45, 2.75) is 31.7 Å². The summed E-state index contributed by atoms with van der Waals surface area (Å²) >= 11 is 0. The van der Waals surface area contributed by atoms with Gasteiger partial charge in [0.25, 0.3) is 5.56 Å². The van der Waals surface area contributed by atoms with Gasteiger partial charge in [-0.3, -0.25) is 4.79 Å². The summed E-state index contributed by atoms with van der Waals surface area (Å²) < 4.78 is 0. The van der Waals surface area contributed by atoms with Gasteiger partial charge >= 0.3 is 0 Å². The molecule has 1 aliphatic rings. The summed E-state index contributed by atoms with van der Waals surface area (Å²) in [7, 11) is 0. The van der Waals surface area contributed by atoms with Crippen LogP contribution in [0.1, 0.15) is 25.7 Å². The Morgan fingerprint density at radius 3 is 2.88 bits per heavy atom. The molecule has 6 nitrogen and oxygen atoms in total.